The van der Waals surface area contributed by atoms with Crippen molar-refractivity contribution in [2.75, 3.05) is 25.1 Å². The van der Waals surface area contributed by atoms with Gasteiger partial charge < -0.3 is 10.6 Å². The molecule has 1 fully saturated rings. The van der Waals surface area contributed by atoms with Crippen molar-refractivity contribution >= 4 is 64.2 Å². The molecule has 7 nitrogen and oxygen atoms in total. The van der Waals surface area contributed by atoms with Crippen LogP contribution in [0.5, 0.6) is 0 Å². The molecule has 1 aliphatic rings. The third kappa shape index (κ3) is 7.12. The number of hydrogen-bond donors (Lipinski definition) is 2. The summed E-state index contributed by atoms with van der Waals surface area (Å²) in [5, 5.41) is 5.69. The SMILES string of the molecule is CSCC[C@H](NC(=O)c1ccccc1)C(=O)NCCN1C(=O)S/C(=C\c2ccc(Cl)cc2)C1=O. The van der Waals surface area contributed by atoms with Gasteiger partial charge in [-0.3, -0.25) is 24.1 Å². The van der Waals surface area contributed by atoms with Gasteiger partial charge >= 0.3 is 0 Å². The molecule has 0 radical (unpaired) electrons. The number of thioether (sulfide) groups is 2. The number of hydrogen-bond acceptors (Lipinski definition) is 6. The fourth-order valence-electron chi connectivity index (χ4n) is 3.15. The number of imide groups is 1. The monoisotopic (exact) mass is 517 g/mol. The first-order valence-electron chi connectivity index (χ1n) is 10.5. The zero-order valence-corrected chi connectivity index (χ0v) is 20.8. The predicted molar refractivity (Wildman–Crippen MR) is 138 cm³/mol. The molecule has 10 heteroatoms. The number of nitrogens with zero attached hydrogens (tertiary/aromatic N) is 1. The molecule has 0 bridgehead atoms. The van der Waals surface area contributed by atoms with Crippen LogP contribution in [0, 0.1) is 0 Å². The minimum atomic E-state index is -0.722. The Balaban J connectivity index is 1.56. The molecular formula is C24H24ClN3O4S2. The van der Waals surface area contributed by atoms with Crippen LogP contribution >= 0.6 is 35.1 Å². The lowest BCUT2D eigenvalue weighted by Gasteiger charge is -2.19. The molecule has 1 heterocycles. The number of carbonyl (C=O) groups excluding carboxylic acids is 4. The molecule has 2 aromatic rings. The lowest BCUT2D eigenvalue weighted by molar-refractivity contribution is -0.125. The molecule has 0 spiro atoms. The zero-order valence-electron chi connectivity index (χ0n) is 18.5. The van der Waals surface area contributed by atoms with Gasteiger partial charge in [-0.15, -0.1) is 0 Å². The van der Waals surface area contributed by atoms with E-state index in [-0.39, 0.29) is 24.9 Å². The van der Waals surface area contributed by atoms with E-state index in [1.807, 2.05) is 12.3 Å². The van der Waals surface area contributed by atoms with E-state index in [1.165, 1.54) is 0 Å². The maximum atomic E-state index is 12.7. The van der Waals surface area contributed by atoms with Gasteiger partial charge in [0.2, 0.25) is 5.91 Å². The van der Waals surface area contributed by atoms with Crippen LogP contribution in [-0.2, 0) is 9.59 Å². The summed E-state index contributed by atoms with van der Waals surface area (Å²) in [6.45, 7) is 0.123. The lowest BCUT2D eigenvalue weighted by atomic mass is 10.1. The number of nitrogens with one attached hydrogen (secondary N) is 2. The minimum Gasteiger partial charge on any atom is -0.353 e. The van der Waals surface area contributed by atoms with E-state index >= 15 is 0 Å². The third-order valence-corrected chi connectivity index (χ3v) is 6.75. The van der Waals surface area contributed by atoms with Gasteiger partial charge in [0.25, 0.3) is 17.1 Å². The van der Waals surface area contributed by atoms with Gasteiger partial charge in [0.15, 0.2) is 0 Å². The smallest absolute Gasteiger partial charge is 0.293 e. The second-order valence-corrected chi connectivity index (χ2v) is 9.76. The van der Waals surface area contributed by atoms with Gasteiger partial charge in [-0.1, -0.05) is 41.9 Å². The first kappa shape index (κ1) is 25.9. The van der Waals surface area contributed by atoms with Crippen molar-refractivity contribution in [2.24, 2.45) is 0 Å². The Morgan fingerprint density at radius 3 is 2.50 bits per heavy atom. The highest BCUT2D eigenvalue weighted by molar-refractivity contribution is 8.18. The summed E-state index contributed by atoms with van der Waals surface area (Å²) >= 11 is 8.31. The van der Waals surface area contributed by atoms with Crippen LogP contribution in [0.25, 0.3) is 6.08 Å². The Bertz CT molecular complexity index is 1080. The van der Waals surface area contributed by atoms with E-state index in [4.69, 9.17) is 11.6 Å². The van der Waals surface area contributed by atoms with Gasteiger partial charge in [0.05, 0.1) is 4.91 Å². The maximum Gasteiger partial charge on any atom is 0.293 e. The Hall–Kier alpha value is -2.75. The normalized spacial score (nSPS) is 15.5. The van der Waals surface area contributed by atoms with Crippen LogP contribution in [0.2, 0.25) is 5.02 Å². The average Bonchev–Trinajstić information content (AvgIpc) is 3.10. The summed E-state index contributed by atoms with van der Waals surface area (Å²) in [7, 11) is 0. The highest BCUT2D eigenvalue weighted by Crippen LogP contribution is 2.32. The van der Waals surface area contributed by atoms with Crippen LogP contribution < -0.4 is 10.6 Å². The van der Waals surface area contributed by atoms with E-state index in [0.717, 1.165) is 22.2 Å². The highest BCUT2D eigenvalue weighted by Gasteiger charge is 2.34. The summed E-state index contributed by atoms with van der Waals surface area (Å²) < 4.78 is 0. The molecule has 34 heavy (non-hydrogen) atoms. The quantitative estimate of drug-likeness (QED) is 0.462. The van der Waals surface area contributed by atoms with Gasteiger partial charge in [0, 0.05) is 23.7 Å². The van der Waals surface area contributed by atoms with Gasteiger partial charge in [-0.25, -0.2) is 0 Å². The Kier molecular flexibility index (Phi) is 9.62. The minimum absolute atomic E-state index is 0.0379. The van der Waals surface area contributed by atoms with E-state index in [0.29, 0.717) is 27.7 Å². The van der Waals surface area contributed by atoms with Crippen molar-refractivity contribution in [3.05, 3.63) is 75.7 Å². The molecule has 4 amide bonds. The number of rotatable bonds is 10. The van der Waals surface area contributed by atoms with E-state index < -0.39 is 17.2 Å². The molecule has 0 unspecified atom stereocenters. The summed E-state index contributed by atoms with van der Waals surface area (Å²) in [5.74, 6) is -0.413. The van der Waals surface area contributed by atoms with Crippen LogP contribution in [0.4, 0.5) is 4.79 Å². The first-order valence-corrected chi connectivity index (χ1v) is 13.1. The molecule has 0 saturated carbocycles. The molecule has 2 aromatic carbocycles. The van der Waals surface area contributed by atoms with Crippen molar-refractivity contribution < 1.29 is 19.2 Å². The number of benzene rings is 2. The number of carbonyl (C=O) groups is 4. The molecule has 1 atom stereocenters. The van der Waals surface area contributed by atoms with Crippen LogP contribution in [0.3, 0.4) is 0 Å². The van der Waals surface area contributed by atoms with Gasteiger partial charge in [0.1, 0.15) is 6.04 Å². The summed E-state index contributed by atoms with van der Waals surface area (Å²) in [4.78, 5) is 51.6. The topological polar surface area (TPSA) is 95.6 Å². The second kappa shape index (κ2) is 12.6. The molecule has 2 N–H and O–H groups in total. The molecule has 1 saturated heterocycles. The fourth-order valence-corrected chi connectivity index (χ4v) is 4.62. The van der Waals surface area contributed by atoms with E-state index in [2.05, 4.69) is 10.6 Å². The standard InChI is InChI=1S/C24H24ClN3O4S2/c1-33-14-11-19(27-21(29)17-5-3-2-4-6-17)22(30)26-12-13-28-23(31)20(34-24(28)32)15-16-7-9-18(25)10-8-16/h2-10,15,19H,11-14H2,1H3,(H,26,30)(H,27,29)/b20-15-/t19-/m0/s1. The number of amides is 4. The zero-order chi connectivity index (χ0) is 24.5. The van der Waals surface area contributed by atoms with Crippen LogP contribution in [0.15, 0.2) is 59.5 Å². The van der Waals surface area contributed by atoms with Crippen molar-refractivity contribution in [3.8, 4) is 0 Å². The Morgan fingerprint density at radius 2 is 1.82 bits per heavy atom. The fraction of sp³-hybridized carbons (Fsp3) is 0.250. The third-order valence-electron chi connectivity index (χ3n) is 4.94. The molecule has 1 aliphatic heterocycles. The summed E-state index contributed by atoms with van der Waals surface area (Å²) in [6.07, 6.45) is 4.01. The second-order valence-electron chi connectivity index (χ2n) is 7.35. The Morgan fingerprint density at radius 1 is 1.12 bits per heavy atom. The van der Waals surface area contributed by atoms with Gasteiger partial charge in [-0.05, 0) is 66.1 Å². The van der Waals surface area contributed by atoms with Crippen molar-refractivity contribution in [2.45, 2.75) is 12.5 Å². The van der Waals surface area contributed by atoms with Crippen molar-refractivity contribution in [3.63, 3.8) is 0 Å². The van der Waals surface area contributed by atoms with Crippen LogP contribution in [-0.4, -0.2) is 59.0 Å². The predicted octanol–water partition coefficient (Wildman–Crippen LogP) is 4.04. The average molecular weight is 518 g/mol. The first-order chi connectivity index (χ1) is 16.4. The molecule has 0 aliphatic carbocycles. The molecule has 0 aromatic heterocycles. The largest absolute Gasteiger partial charge is 0.353 e. The Labute approximate surface area is 211 Å². The maximum absolute atomic E-state index is 12.7. The molecular weight excluding hydrogens is 494 g/mol. The highest BCUT2D eigenvalue weighted by atomic mass is 35.5. The van der Waals surface area contributed by atoms with Crippen molar-refractivity contribution in [1.82, 2.24) is 15.5 Å². The summed E-state index contributed by atoms with van der Waals surface area (Å²) in [5.41, 5.74) is 1.23. The summed E-state index contributed by atoms with van der Waals surface area (Å²) in [6, 6.07) is 14.9. The van der Waals surface area contributed by atoms with Crippen molar-refractivity contribution in [1.29, 1.82) is 0 Å². The lowest BCUT2D eigenvalue weighted by Crippen LogP contribution is -2.48. The van der Waals surface area contributed by atoms with E-state index in [1.54, 1.807) is 66.4 Å². The van der Waals surface area contributed by atoms with E-state index in [9.17, 15) is 19.2 Å². The van der Waals surface area contributed by atoms with Gasteiger partial charge in [-0.2, -0.15) is 11.8 Å². The van der Waals surface area contributed by atoms with Crippen LogP contribution in [0.1, 0.15) is 22.3 Å². The molecule has 178 valence electrons. The number of halogens is 1. The molecule has 3 rings (SSSR count).